The van der Waals surface area contributed by atoms with Crippen molar-refractivity contribution in [1.82, 2.24) is 9.97 Å². The molecule has 2 aromatic heterocycles. The average Bonchev–Trinajstić information content (AvgIpc) is 3.01. The SMILES string of the molecule is COC(=O)c1ccccc1Cc1ncnc2sc3c(c12)CCCC3. The number of nitrogens with zero attached hydrogens (tertiary/aromatic N) is 2. The normalized spacial score (nSPS) is 13.7. The Labute approximate surface area is 144 Å². The molecule has 0 spiro atoms. The lowest BCUT2D eigenvalue weighted by molar-refractivity contribution is 0.0599. The van der Waals surface area contributed by atoms with E-state index in [-0.39, 0.29) is 5.97 Å². The molecule has 0 N–H and O–H groups in total. The van der Waals surface area contributed by atoms with E-state index in [1.807, 2.05) is 24.3 Å². The van der Waals surface area contributed by atoms with E-state index in [0.29, 0.717) is 12.0 Å². The lowest BCUT2D eigenvalue weighted by Crippen LogP contribution is -2.07. The van der Waals surface area contributed by atoms with Crippen LogP contribution in [0.1, 0.15) is 44.9 Å². The molecular formula is C19H18N2O2S. The van der Waals surface area contributed by atoms with Gasteiger partial charge in [0.05, 0.1) is 18.4 Å². The molecule has 24 heavy (non-hydrogen) atoms. The smallest absolute Gasteiger partial charge is 0.338 e. The molecule has 122 valence electrons. The Kier molecular flexibility index (Phi) is 4.02. The molecule has 1 aliphatic carbocycles. The van der Waals surface area contributed by atoms with Crippen LogP contribution >= 0.6 is 11.3 Å². The van der Waals surface area contributed by atoms with Gasteiger partial charge in [0.15, 0.2) is 0 Å². The van der Waals surface area contributed by atoms with Crippen molar-refractivity contribution in [1.29, 1.82) is 0 Å². The Hall–Kier alpha value is -2.27. The van der Waals surface area contributed by atoms with Crippen LogP contribution in [0.2, 0.25) is 0 Å². The van der Waals surface area contributed by atoms with Gasteiger partial charge in [-0.3, -0.25) is 0 Å². The molecule has 0 unspecified atom stereocenters. The van der Waals surface area contributed by atoms with Gasteiger partial charge in [0.1, 0.15) is 11.2 Å². The van der Waals surface area contributed by atoms with E-state index in [1.54, 1.807) is 17.7 Å². The van der Waals surface area contributed by atoms with E-state index in [4.69, 9.17) is 4.74 Å². The number of fused-ring (bicyclic) bond motifs is 3. The molecule has 0 fully saturated rings. The van der Waals surface area contributed by atoms with Crippen molar-refractivity contribution >= 4 is 27.5 Å². The van der Waals surface area contributed by atoms with Crippen LogP contribution < -0.4 is 0 Å². The Morgan fingerprint density at radius 2 is 2.04 bits per heavy atom. The molecule has 3 aromatic rings. The molecule has 0 atom stereocenters. The number of aryl methyl sites for hydroxylation is 2. The molecule has 0 bridgehead atoms. The Morgan fingerprint density at radius 1 is 1.21 bits per heavy atom. The molecule has 0 saturated heterocycles. The molecule has 0 saturated carbocycles. The summed E-state index contributed by atoms with van der Waals surface area (Å²) < 4.78 is 4.91. The van der Waals surface area contributed by atoms with Gasteiger partial charge in [0, 0.05) is 16.7 Å². The zero-order valence-corrected chi connectivity index (χ0v) is 14.4. The predicted octanol–water partition coefficient (Wildman–Crippen LogP) is 3.95. The summed E-state index contributed by atoms with van der Waals surface area (Å²) in [7, 11) is 1.41. The number of hydrogen-bond acceptors (Lipinski definition) is 5. The van der Waals surface area contributed by atoms with Crippen molar-refractivity contribution in [3.05, 3.63) is 57.9 Å². The van der Waals surface area contributed by atoms with Crippen molar-refractivity contribution in [2.75, 3.05) is 7.11 Å². The van der Waals surface area contributed by atoms with E-state index in [0.717, 1.165) is 28.9 Å². The molecule has 5 heteroatoms. The third kappa shape index (κ3) is 2.59. The van der Waals surface area contributed by atoms with Crippen molar-refractivity contribution in [3.63, 3.8) is 0 Å². The van der Waals surface area contributed by atoms with E-state index in [9.17, 15) is 4.79 Å². The monoisotopic (exact) mass is 338 g/mol. The highest BCUT2D eigenvalue weighted by molar-refractivity contribution is 7.18. The number of rotatable bonds is 3. The van der Waals surface area contributed by atoms with Crippen LogP contribution in [-0.2, 0) is 24.0 Å². The second kappa shape index (κ2) is 6.32. The number of hydrogen-bond donors (Lipinski definition) is 0. The second-order valence-electron chi connectivity index (χ2n) is 6.04. The topological polar surface area (TPSA) is 52.1 Å². The van der Waals surface area contributed by atoms with E-state index in [1.165, 1.54) is 35.8 Å². The minimum atomic E-state index is -0.303. The number of aromatic nitrogens is 2. The average molecular weight is 338 g/mol. The van der Waals surface area contributed by atoms with Crippen LogP contribution in [-0.4, -0.2) is 23.0 Å². The van der Waals surface area contributed by atoms with Gasteiger partial charge >= 0.3 is 5.97 Å². The number of thiophene rings is 1. The summed E-state index contributed by atoms with van der Waals surface area (Å²) in [5, 5.41) is 1.21. The molecule has 1 aromatic carbocycles. The fraction of sp³-hybridized carbons (Fsp3) is 0.316. The fourth-order valence-corrected chi connectivity index (χ4v) is 4.70. The summed E-state index contributed by atoms with van der Waals surface area (Å²) in [5.74, 6) is -0.303. The summed E-state index contributed by atoms with van der Waals surface area (Å²) in [6, 6.07) is 7.59. The minimum absolute atomic E-state index is 0.303. The Balaban J connectivity index is 1.81. The van der Waals surface area contributed by atoms with Gasteiger partial charge in [-0.15, -0.1) is 11.3 Å². The summed E-state index contributed by atoms with van der Waals surface area (Å²) in [4.78, 5) is 23.6. The zero-order chi connectivity index (χ0) is 16.5. The van der Waals surface area contributed by atoms with Crippen molar-refractivity contribution in [3.8, 4) is 0 Å². The molecule has 4 nitrogen and oxygen atoms in total. The zero-order valence-electron chi connectivity index (χ0n) is 13.5. The number of carbonyl (C=O) groups excluding carboxylic acids is 1. The highest BCUT2D eigenvalue weighted by Crippen LogP contribution is 2.37. The summed E-state index contributed by atoms with van der Waals surface area (Å²) in [5.41, 5.74) is 3.99. The largest absolute Gasteiger partial charge is 0.465 e. The van der Waals surface area contributed by atoms with Crippen molar-refractivity contribution in [2.24, 2.45) is 0 Å². The van der Waals surface area contributed by atoms with Crippen LogP contribution in [0.5, 0.6) is 0 Å². The third-order valence-corrected chi connectivity index (χ3v) is 5.81. The maximum Gasteiger partial charge on any atom is 0.338 e. The lowest BCUT2D eigenvalue weighted by Gasteiger charge is -2.12. The summed E-state index contributed by atoms with van der Waals surface area (Å²) in [6.07, 6.45) is 7.00. The molecule has 0 radical (unpaired) electrons. The maximum absolute atomic E-state index is 12.0. The number of carbonyl (C=O) groups is 1. The lowest BCUT2D eigenvalue weighted by atomic mass is 9.94. The first kappa shape index (κ1) is 15.3. The highest BCUT2D eigenvalue weighted by Gasteiger charge is 2.21. The highest BCUT2D eigenvalue weighted by atomic mass is 32.1. The second-order valence-corrected chi connectivity index (χ2v) is 7.12. The Morgan fingerprint density at radius 3 is 2.92 bits per heavy atom. The first-order chi connectivity index (χ1) is 11.8. The minimum Gasteiger partial charge on any atom is -0.465 e. The van der Waals surface area contributed by atoms with Crippen molar-refractivity contribution < 1.29 is 9.53 Å². The molecule has 0 aliphatic heterocycles. The van der Waals surface area contributed by atoms with E-state index >= 15 is 0 Å². The molecule has 1 aliphatic rings. The number of benzene rings is 1. The van der Waals surface area contributed by atoms with Gasteiger partial charge in [0.2, 0.25) is 0 Å². The first-order valence-corrected chi connectivity index (χ1v) is 9.00. The number of esters is 1. The number of ether oxygens (including phenoxy) is 1. The first-order valence-electron chi connectivity index (χ1n) is 8.18. The van der Waals surface area contributed by atoms with Crippen LogP contribution in [0.4, 0.5) is 0 Å². The van der Waals surface area contributed by atoms with Gasteiger partial charge < -0.3 is 4.74 Å². The van der Waals surface area contributed by atoms with Crippen LogP contribution in [0.25, 0.3) is 10.2 Å². The van der Waals surface area contributed by atoms with Gasteiger partial charge in [-0.2, -0.15) is 0 Å². The molecule has 4 rings (SSSR count). The molecular weight excluding hydrogens is 320 g/mol. The molecule has 0 amide bonds. The Bertz CT molecular complexity index is 917. The van der Waals surface area contributed by atoms with Gasteiger partial charge in [0.25, 0.3) is 0 Å². The van der Waals surface area contributed by atoms with Crippen molar-refractivity contribution in [2.45, 2.75) is 32.1 Å². The van der Waals surface area contributed by atoms with Crippen LogP contribution in [0.3, 0.4) is 0 Å². The third-order valence-electron chi connectivity index (χ3n) is 4.61. The quantitative estimate of drug-likeness (QED) is 0.679. The van der Waals surface area contributed by atoms with E-state index < -0.39 is 0 Å². The van der Waals surface area contributed by atoms with Crippen LogP contribution in [0, 0.1) is 0 Å². The summed E-state index contributed by atoms with van der Waals surface area (Å²) >= 11 is 1.80. The van der Waals surface area contributed by atoms with Gasteiger partial charge in [-0.25, -0.2) is 14.8 Å². The predicted molar refractivity (Wildman–Crippen MR) is 94.6 cm³/mol. The molecule has 2 heterocycles. The van der Waals surface area contributed by atoms with Crippen LogP contribution in [0.15, 0.2) is 30.6 Å². The standard InChI is InChI=1S/C19H18N2O2S/c1-23-19(22)13-7-3-2-6-12(13)10-15-17-14-8-4-5-9-16(14)24-18(17)21-11-20-15/h2-3,6-7,11H,4-5,8-10H2,1H3. The van der Waals surface area contributed by atoms with Gasteiger partial charge in [-0.05, 0) is 42.9 Å². The summed E-state index contributed by atoms with van der Waals surface area (Å²) in [6.45, 7) is 0. The number of methoxy groups -OCH3 is 1. The van der Waals surface area contributed by atoms with Gasteiger partial charge in [-0.1, -0.05) is 18.2 Å². The fourth-order valence-electron chi connectivity index (χ4n) is 3.45. The van der Waals surface area contributed by atoms with E-state index in [2.05, 4.69) is 9.97 Å². The maximum atomic E-state index is 12.0.